The number of nitrogens with two attached hydrogens (primary N) is 1. The number of aromatic nitrogens is 2. The van der Waals surface area contributed by atoms with Crippen molar-refractivity contribution in [3.05, 3.63) is 12.4 Å². The first kappa shape index (κ1) is 13.5. The summed E-state index contributed by atoms with van der Waals surface area (Å²) in [5, 5.41) is 3.94. The molecule has 1 atom stereocenters. The van der Waals surface area contributed by atoms with Crippen LogP contribution in [0.2, 0.25) is 0 Å². The smallest absolute Gasteiger partial charge is 0.243 e. The molecule has 1 aliphatic rings. The number of rotatable bonds is 6. The Morgan fingerprint density at radius 2 is 2.44 bits per heavy atom. The lowest BCUT2D eigenvalue weighted by atomic mass is 10.1. The maximum absolute atomic E-state index is 12.0. The van der Waals surface area contributed by atoms with Crippen LogP contribution in [0.4, 0.5) is 0 Å². The molecule has 1 unspecified atom stereocenters. The number of nitrogens with zero attached hydrogens (tertiary/aromatic N) is 2. The first-order valence-electron chi connectivity index (χ1n) is 5.92. The number of hydrogen-bond acceptors (Lipinski definition) is 5. The minimum absolute atomic E-state index is 0.176. The summed E-state index contributed by atoms with van der Waals surface area (Å²) in [4.78, 5) is 0.176. The first-order valence-corrected chi connectivity index (χ1v) is 7.40. The van der Waals surface area contributed by atoms with Crippen LogP contribution >= 0.6 is 0 Å². The minimum Gasteiger partial charge on any atom is -0.381 e. The fraction of sp³-hybridized carbons (Fsp3) is 0.700. The molecule has 0 aromatic carbocycles. The lowest BCUT2D eigenvalue weighted by Gasteiger charge is -2.08. The van der Waals surface area contributed by atoms with Crippen molar-refractivity contribution in [2.45, 2.75) is 17.9 Å². The monoisotopic (exact) mass is 274 g/mol. The van der Waals surface area contributed by atoms with Gasteiger partial charge in [0.2, 0.25) is 10.0 Å². The van der Waals surface area contributed by atoms with Crippen molar-refractivity contribution in [2.75, 3.05) is 26.3 Å². The Hall–Kier alpha value is -0.960. The van der Waals surface area contributed by atoms with E-state index in [9.17, 15) is 8.42 Å². The Bertz CT molecular complexity index is 479. The molecule has 0 amide bonds. The van der Waals surface area contributed by atoms with Gasteiger partial charge in [-0.15, -0.1) is 0 Å². The predicted octanol–water partition coefficient (Wildman–Crippen LogP) is -0.843. The van der Waals surface area contributed by atoms with Crippen LogP contribution in [-0.4, -0.2) is 44.5 Å². The summed E-state index contributed by atoms with van der Waals surface area (Å²) >= 11 is 0. The van der Waals surface area contributed by atoms with Crippen LogP contribution in [0.5, 0.6) is 0 Å². The molecule has 1 saturated heterocycles. The minimum atomic E-state index is -3.47. The van der Waals surface area contributed by atoms with Crippen LogP contribution in [0, 0.1) is 5.92 Å². The van der Waals surface area contributed by atoms with E-state index in [-0.39, 0.29) is 10.8 Å². The maximum atomic E-state index is 12.0. The zero-order chi connectivity index (χ0) is 13.0. The van der Waals surface area contributed by atoms with Crippen LogP contribution in [0.3, 0.4) is 0 Å². The summed E-state index contributed by atoms with van der Waals surface area (Å²) in [5.41, 5.74) is 5.38. The third-order valence-electron chi connectivity index (χ3n) is 2.86. The molecule has 8 heteroatoms. The van der Waals surface area contributed by atoms with Gasteiger partial charge in [0, 0.05) is 25.9 Å². The summed E-state index contributed by atoms with van der Waals surface area (Å²) < 4.78 is 33.2. The summed E-state index contributed by atoms with van der Waals surface area (Å²) in [7, 11) is -3.47. The SMILES string of the molecule is NCCn1cc(S(=O)(=O)NCC2CCOC2)cn1. The fourth-order valence-corrected chi connectivity index (χ4v) is 2.86. The molecule has 0 radical (unpaired) electrons. The topological polar surface area (TPSA) is 99.2 Å². The van der Waals surface area contributed by atoms with Crippen molar-refractivity contribution in [1.82, 2.24) is 14.5 Å². The average Bonchev–Trinajstić information content (AvgIpc) is 2.98. The highest BCUT2D eigenvalue weighted by atomic mass is 32.2. The Kier molecular flexibility index (Phi) is 4.33. The number of hydrogen-bond donors (Lipinski definition) is 2. The summed E-state index contributed by atoms with van der Waals surface area (Å²) in [6.07, 6.45) is 3.72. The van der Waals surface area contributed by atoms with Crippen molar-refractivity contribution in [2.24, 2.45) is 11.7 Å². The molecular formula is C10H18N4O3S. The van der Waals surface area contributed by atoms with Gasteiger partial charge in [-0.05, 0) is 12.3 Å². The quantitative estimate of drug-likeness (QED) is 0.704. The Morgan fingerprint density at radius 3 is 3.11 bits per heavy atom. The second-order valence-corrected chi connectivity index (χ2v) is 6.08. The molecule has 3 N–H and O–H groups in total. The van der Waals surface area contributed by atoms with E-state index in [1.165, 1.54) is 17.1 Å². The molecule has 0 spiro atoms. The van der Waals surface area contributed by atoms with Gasteiger partial charge in [-0.3, -0.25) is 4.68 Å². The van der Waals surface area contributed by atoms with E-state index in [0.717, 1.165) is 6.42 Å². The molecule has 1 fully saturated rings. The van der Waals surface area contributed by atoms with E-state index < -0.39 is 10.0 Å². The Morgan fingerprint density at radius 1 is 1.61 bits per heavy atom. The highest BCUT2D eigenvalue weighted by Crippen LogP contribution is 2.13. The van der Waals surface area contributed by atoms with E-state index in [2.05, 4.69) is 9.82 Å². The molecule has 2 heterocycles. The average molecular weight is 274 g/mol. The van der Waals surface area contributed by atoms with E-state index in [1.54, 1.807) is 0 Å². The highest BCUT2D eigenvalue weighted by molar-refractivity contribution is 7.89. The third kappa shape index (κ3) is 3.29. The number of nitrogens with one attached hydrogen (secondary N) is 1. The summed E-state index contributed by atoms with van der Waals surface area (Å²) in [5.74, 6) is 0.263. The van der Waals surface area contributed by atoms with Gasteiger partial charge in [-0.1, -0.05) is 0 Å². The van der Waals surface area contributed by atoms with Gasteiger partial charge in [-0.2, -0.15) is 5.10 Å². The largest absolute Gasteiger partial charge is 0.381 e. The maximum Gasteiger partial charge on any atom is 0.243 e. The lowest BCUT2D eigenvalue weighted by molar-refractivity contribution is 0.186. The van der Waals surface area contributed by atoms with Crippen LogP contribution in [0.1, 0.15) is 6.42 Å². The number of ether oxygens (including phenoxy) is 1. The standard InChI is InChI=1S/C10H18N4O3S/c11-2-3-14-7-10(6-12-14)18(15,16)13-5-9-1-4-17-8-9/h6-7,9,13H,1-5,8,11H2. The molecule has 18 heavy (non-hydrogen) atoms. The fourth-order valence-electron chi connectivity index (χ4n) is 1.79. The van der Waals surface area contributed by atoms with Crippen molar-refractivity contribution in [3.8, 4) is 0 Å². The molecule has 0 aliphatic carbocycles. The Labute approximate surface area is 106 Å². The normalized spacial score (nSPS) is 20.4. The highest BCUT2D eigenvalue weighted by Gasteiger charge is 2.21. The molecular weight excluding hydrogens is 256 g/mol. The zero-order valence-electron chi connectivity index (χ0n) is 10.1. The lowest BCUT2D eigenvalue weighted by Crippen LogP contribution is -2.29. The molecule has 0 bridgehead atoms. The van der Waals surface area contributed by atoms with Gasteiger partial charge >= 0.3 is 0 Å². The summed E-state index contributed by atoms with van der Waals surface area (Å²) in [6, 6.07) is 0. The van der Waals surface area contributed by atoms with E-state index in [1.807, 2.05) is 0 Å². The first-order chi connectivity index (χ1) is 8.62. The molecule has 1 aromatic rings. The second-order valence-electron chi connectivity index (χ2n) is 4.31. The summed E-state index contributed by atoms with van der Waals surface area (Å²) in [6.45, 7) is 2.67. The molecule has 102 valence electrons. The molecule has 1 aromatic heterocycles. The molecule has 1 aliphatic heterocycles. The Balaban J connectivity index is 1.95. The molecule has 7 nitrogen and oxygen atoms in total. The van der Waals surface area contributed by atoms with Crippen LogP contribution in [0.25, 0.3) is 0 Å². The number of sulfonamides is 1. The van der Waals surface area contributed by atoms with Gasteiger partial charge in [0.05, 0.1) is 19.3 Å². The van der Waals surface area contributed by atoms with E-state index in [0.29, 0.717) is 32.8 Å². The van der Waals surface area contributed by atoms with Gasteiger partial charge in [-0.25, -0.2) is 13.1 Å². The third-order valence-corrected chi connectivity index (χ3v) is 4.24. The van der Waals surface area contributed by atoms with E-state index >= 15 is 0 Å². The van der Waals surface area contributed by atoms with Gasteiger partial charge in [0.1, 0.15) is 4.90 Å². The second kappa shape index (κ2) is 5.79. The van der Waals surface area contributed by atoms with Crippen LogP contribution in [-0.2, 0) is 21.3 Å². The molecule has 2 rings (SSSR count). The predicted molar refractivity (Wildman–Crippen MR) is 65.4 cm³/mol. The van der Waals surface area contributed by atoms with Gasteiger partial charge in [0.25, 0.3) is 0 Å². The van der Waals surface area contributed by atoms with Crippen molar-refractivity contribution in [3.63, 3.8) is 0 Å². The van der Waals surface area contributed by atoms with Crippen LogP contribution in [0.15, 0.2) is 17.3 Å². The van der Waals surface area contributed by atoms with Crippen LogP contribution < -0.4 is 10.5 Å². The van der Waals surface area contributed by atoms with Crippen molar-refractivity contribution >= 4 is 10.0 Å². The van der Waals surface area contributed by atoms with Crippen molar-refractivity contribution in [1.29, 1.82) is 0 Å². The zero-order valence-corrected chi connectivity index (χ0v) is 10.9. The van der Waals surface area contributed by atoms with Gasteiger partial charge in [0.15, 0.2) is 0 Å². The van der Waals surface area contributed by atoms with Crippen molar-refractivity contribution < 1.29 is 13.2 Å². The van der Waals surface area contributed by atoms with Gasteiger partial charge < -0.3 is 10.5 Å². The molecule has 0 saturated carbocycles. The van der Waals surface area contributed by atoms with E-state index in [4.69, 9.17) is 10.5 Å².